The zero-order valence-corrected chi connectivity index (χ0v) is 12.2. The Morgan fingerprint density at radius 2 is 1.89 bits per heavy atom. The van der Waals surface area contributed by atoms with Crippen LogP contribution < -0.4 is 10.5 Å². The minimum Gasteiger partial charge on any atom is -0.473 e. The van der Waals surface area contributed by atoms with Crippen LogP contribution in [-0.4, -0.2) is 11.1 Å². The van der Waals surface area contributed by atoms with Crippen molar-refractivity contribution in [2.75, 3.05) is 5.73 Å². The highest BCUT2D eigenvalue weighted by atomic mass is 32.2. The van der Waals surface area contributed by atoms with Crippen LogP contribution in [0.3, 0.4) is 0 Å². The predicted octanol–water partition coefficient (Wildman–Crippen LogP) is 3.91. The molecular weight excluding hydrogens is 256 g/mol. The molecule has 0 amide bonds. The van der Waals surface area contributed by atoms with Crippen molar-refractivity contribution < 1.29 is 4.74 Å². The molecule has 1 heterocycles. The average molecular weight is 274 g/mol. The third kappa shape index (κ3) is 3.64. The number of pyridine rings is 1. The van der Waals surface area contributed by atoms with E-state index >= 15 is 0 Å². The first kappa shape index (κ1) is 13.7. The molecule has 0 aliphatic rings. The Hall–Kier alpha value is -1.68. The lowest BCUT2D eigenvalue weighted by atomic mass is 10.2. The molecule has 0 saturated carbocycles. The van der Waals surface area contributed by atoms with Crippen LogP contribution in [0.4, 0.5) is 5.69 Å². The first-order valence-corrected chi connectivity index (χ1v) is 7.04. The van der Waals surface area contributed by atoms with Crippen molar-refractivity contribution in [1.29, 1.82) is 0 Å². The van der Waals surface area contributed by atoms with E-state index in [0.717, 1.165) is 5.03 Å². The Balaban J connectivity index is 2.24. The molecule has 100 valence electrons. The Labute approximate surface area is 118 Å². The van der Waals surface area contributed by atoms with Crippen LogP contribution in [0.25, 0.3) is 0 Å². The van der Waals surface area contributed by atoms with Gasteiger partial charge in [0.05, 0.1) is 11.8 Å². The predicted molar refractivity (Wildman–Crippen MR) is 79.7 cm³/mol. The van der Waals surface area contributed by atoms with E-state index < -0.39 is 0 Å². The molecule has 1 aromatic heterocycles. The number of nitrogen functional groups attached to an aromatic ring is 1. The first-order chi connectivity index (χ1) is 9.06. The maximum absolute atomic E-state index is 5.86. The summed E-state index contributed by atoms with van der Waals surface area (Å²) in [6, 6.07) is 12.0. The van der Waals surface area contributed by atoms with E-state index in [4.69, 9.17) is 10.5 Å². The number of aryl methyl sites for hydroxylation is 1. The fourth-order valence-electron chi connectivity index (χ4n) is 1.59. The largest absolute Gasteiger partial charge is 0.473 e. The molecule has 0 aliphatic carbocycles. The first-order valence-electron chi connectivity index (χ1n) is 6.23. The van der Waals surface area contributed by atoms with Gasteiger partial charge >= 0.3 is 0 Å². The molecule has 2 rings (SSSR count). The van der Waals surface area contributed by atoms with Crippen molar-refractivity contribution in [3.05, 3.63) is 42.0 Å². The Morgan fingerprint density at radius 1 is 1.16 bits per heavy atom. The molecule has 0 fully saturated rings. The van der Waals surface area contributed by atoms with E-state index in [0.29, 0.717) is 11.6 Å². The highest BCUT2D eigenvalue weighted by molar-refractivity contribution is 7.99. The van der Waals surface area contributed by atoms with Crippen LogP contribution in [0, 0.1) is 6.92 Å². The standard InChI is InChI=1S/C15H18N2OS/c1-10(2)18-15-12(16)8-9-14(17-15)19-13-7-5-4-6-11(13)3/h4-10H,16H2,1-3H3. The van der Waals surface area contributed by atoms with Gasteiger partial charge in [-0.25, -0.2) is 4.98 Å². The topological polar surface area (TPSA) is 48.1 Å². The lowest BCUT2D eigenvalue weighted by Crippen LogP contribution is -2.09. The van der Waals surface area contributed by atoms with E-state index in [9.17, 15) is 0 Å². The van der Waals surface area contributed by atoms with Gasteiger partial charge in [-0.15, -0.1) is 0 Å². The highest BCUT2D eigenvalue weighted by Gasteiger charge is 2.08. The molecule has 0 radical (unpaired) electrons. The van der Waals surface area contributed by atoms with Crippen molar-refractivity contribution in [2.24, 2.45) is 0 Å². The third-order valence-electron chi connectivity index (χ3n) is 2.52. The molecule has 3 nitrogen and oxygen atoms in total. The van der Waals surface area contributed by atoms with E-state index in [1.807, 2.05) is 38.1 Å². The normalized spacial score (nSPS) is 10.7. The third-order valence-corrected chi connectivity index (χ3v) is 3.63. The van der Waals surface area contributed by atoms with Crippen molar-refractivity contribution in [3.63, 3.8) is 0 Å². The lowest BCUT2D eigenvalue weighted by molar-refractivity contribution is 0.232. The fourth-order valence-corrected chi connectivity index (χ4v) is 2.46. The molecular formula is C15H18N2OS. The molecule has 0 bridgehead atoms. The number of hydrogen-bond acceptors (Lipinski definition) is 4. The maximum Gasteiger partial charge on any atom is 0.238 e. The van der Waals surface area contributed by atoms with Gasteiger partial charge in [-0.3, -0.25) is 0 Å². The number of nitrogens with zero attached hydrogens (tertiary/aromatic N) is 1. The number of ether oxygens (including phenoxy) is 1. The number of nitrogens with two attached hydrogens (primary N) is 1. The van der Waals surface area contributed by atoms with Gasteiger partial charge < -0.3 is 10.5 Å². The zero-order chi connectivity index (χ0) is 13.8. The number of benzene rings is 1. The minimum atomic E-state index is 0.0634. The second-order valence-electron chi connectivity index (χ2n) is 4.58. The highest BCUT2D eigenvalue weighted by Crippen LogP contribution is 2.31. The van der Waals surface area contributed by atoms with Crippen molar-refractivity contribution >= 4 is 17.4 Å². The fraction of sp³-hybridized carbons (Fsp3) is 0.267. The van der Waals surface area contributed by atoms with Crippen LogP contribution in [0.1, 0.15) is 19.4 Å². The Bertz CT molecular complexity index is 570. The molecule has 0 atom stereocenters. The number of anilines is 1. The Morgan fingerprint density at radius 3 is 2.58 bits per heavy atom. The van der Waals surface area contributed by atoms with Gasteiger partial charge in [0.25, 0.3) is 0 Å². The summed E-state index contributed by atoms with van der Waals surface area (Å²) in [5.41, 5.74) is 7.67. The molecule has 0 unspecified atom stereocenters. The summed E-state index contributed by atoms with van der Waals surface area (Å²) < 4.78 is 5.60. The van der Waals surface area contributed by atoms with Gasteiger partial charge in [-0.1, -0.05) is 30.0 Å². The van der Waals surface area contributed by atoms with E-state index in [2.05, 4.69) is 24.0 Å². The van der Waals surface area contributed by atoms with Crippen molar-refractivity contribution in [3.8, 4) is 5.88 Å². The van der Waals surface area contributed by atoms with Crippen LogP contribution in [0.2, 0.25) is 0 Å². The van der Waals surface area contributed by atoms with Crippen LogP contribution in [0.15, 0.2) is 46.3 Å². The van der Waals surface area contributed by atoms with Crippen LogP contribution >= 0.6 is 11.8 Å². The molecule has 0 aliphatic heterocycles. The van der Waals surface area contributed by atoms with Gasteiger partial charge in [0.1, 0.15) is 5.03 Å². The number of aromatic nitrogens is 1. The average Bonchev–Trinajstić information content (AvgIpc) is 2.35. The molecule has 0 spiro atoms. The van der Waals surface area contributed by atoms with E-state index in [1.165, 1.54) is 10.5 Å². The molecule has 4 heteroatoms. The summed E-state index contributed by atoms with van der Waals surface area (Å²) in [7, 11) is 0. The summed E-state index contributed by atoms with van der Waals surface area (Å²) in [6.07, 6.45) is 0.0634. The molecule has 19 heavy (non-hydrogen) atoms. The lowest BCUT2D eigenvalue weighted by Gasteiger charge is -2.12. The minimum absolute atomic E-state index is 0.0634. The maximum atomic E-state index is 5.86. The summed E-state index contributed by atoms with van der Waals surface area (Å²) in [6.45, 7) is 6.01. The van der Waals surface area contributed by atoms with Gasteiger partial charge in [-0.2, -0.15) is 0 Å². The van der Waals surface area contributed by atoms with E-state index in [-0.39, 0.29) is 6.10 Å². The quantitative estimate of drug-likeness (QED) is 0.918. The van der Waals surface area contributed by atoms with Crippen LogP contribution in [0.5, 0.6) is 5.88 Å². The summed E-state index contributed by atoms with van der Waals surface area (Å²) in [5.74, 6) is 0.508. The zero-order valence-electron chi connectivity index (χ0n) is 11.4. The summed E-state index contributed by atoms with van der Waals surface area (Å²) >= 11 is 1.62. The van der Waals surface area contributed by atoms with Crippen LogP contribution in [-0.2, 0) is 0 Å². The summed E-state index contributed by atoms with van der Waals surface area (Å²) in [4.78, 5) is 5.65. The number of hydrogen-bond donors (Lipinski definition) is 1. The van der Waals surface area contributed by atoms with Gasteiger partial charge in [0.15, 0.2) is 0 Å². The number of rotatable bonds is 4. The molecule has 1 aromatic carbocycles. The Kier molecular flexibility index (Phi) is 4.32. The monoisotopic (exact) mass is 274 g/mol. The second-order valence-corrected chi connectivity index (χ2v) is 5.64. The van der Waals surface area contributed by atoms with E-state index in [1.54, 1.807) is 11.8 Å². The summed E-state index contributed by atoms with van der Waals surface area (Å²) in [5, 5.41) is 0.888. The van der Waals surface area contributed by atoms with Gasteiger partial charge in [0, 0.05) is 4.90 Å². The molecule has 0 saturated heterocycles. The molecule has 2 aromatic rings. The van der Waals surface area contributed by atoms with Gasteiger partial charge in [-0.05, 0) is 44.5 Å². The second kappa shape index (κ2) is 5.97. The van der Waals surface area contributed by atoms with Crippen molar-refractivity contribution in [1.82, 2.24) is 4.98 Å². The van der Waals surface area contributed by atoms with Gasteiger partial charge in [0.2, 0.25) is 5.88 Å². The SMILES string of the molecule is Cc1ccccc1Sc1ccc(N)c(OC(C)C)n1. The smallest absolute Gasteiger partial charge is 0.238 e. The van der Waals surface area contributed by atoms with Crippen molar-refractivity contribution in [2.45, 2.75) is 36.8 Å². The molecule has 2 N–H and O–H groups in total.